The van der Waals surface area contributed by atoms with Crippen molar-refractivity contribution in [3.8, 4) is 0 Å². The molecule has 3 N–H and O–H groups in total. The minimum atomic E-state index is -0.352. The molecule has 3 nitrogen and oxygen atoms in total. The number of nitrogens with two attached hydrogens (primary N) is 1. The van der Waals surface area contributed by atoms with Crippen LogP contribution in [-0.4, -0.2) is 12.5 Å². The van der Waals surface area contributed by atoms with Crippen molar-refractivity contribution in [2.45, 2.75) is 26.2 Å². The molecule has 0 unspecified atom stereocenters. The van der Waals surface area contributed by atoms with E-state index in [1.807, 2.05) is 19.1 Å². The van der Waals surface area contributed by atoms with Gasteiger partial charge < -0.3 is 11.1 Å². The lowest BCUT2D eigenvalue weighted by atomic mass is 9.68. The van der Waals surface area contributed by atoms with Crippen LogP contribution in [0, 0.1) is 12.3 Å². The normalized spacial score (nSPS) is 17.4. The fraction of sp³-hybridized carbons (Fsp3) is 0.462. The number of aryl methyl sites for hydroxylation is 1. The van der Waals surface area contributed by atoms with Crippen LogP contribution in [0.1, 0.15) is 24.8 Å². The van der Waals surface area contributed by atoms with Gasteiger partial charge in [0.15, 0.2) is 0 Å². The van der Waals surface area contributed by atoms with E-state index in [0.29, 0.717) is 11.6 Å². The molecule has 0 bridgehead atoms. The Kier molecular flexibility index (Phi) is 3.40. The van der Waals surface area contributed by atoms with Gasteiger partial charge in [-0.1, -0.05) is 24.1 Å². The van der Waals surface area contributed by atoms with Crippen LogP contribution in [0.3, 0.4) is 0 Å². The van der Waals surface area contributed by atoms with Crippen molar-refractivity contribution in [1.82, 2.24) is 0 Å². The zero-order chi connectivity index (χ0) is 12.5. The maximum atomic E-state index is 12.2. The van der Waals surface area contributed by atoms with Gasteiger partial charge in [-0.15, -0.1) is 0 Å². The molecule has 1 aromatic rings. The molecule has 1 aromatic carbocycles. The third kappa shape index (κ3) is 2.31. The maximum Gasteiger partial charge on any atom is 0.231 e. The maximum absolute atomic E-state index is 12.2. The van der Waals surface area contributed by atoms with Gasteiger partial charge in [0.1, 0.15) is 0 Å². The van der Waals surface area contributed by atoms with Crippen molar-refractivity contribution in [1.29, 1.82) is 0 Å². The molecule has 1 aliphatic rings. The third-order valence-electron chi connectivity index (χ3n) is 3.63. The number of amides is 1. The SMILES string of the molecule is Cc1ccc(Cl)cc1NC(=O)C1(CN)CCC1. The van der Waals surface area contributed by atoms with Crippen LogP contribution in [0.2, 0.25) is 5.02 Å². The summed E-state index contributed by atoms with van der Waals surface area (Å²) in [5.74, 6) is 0.0246. The average molecular weight is 253 g/mol. The van der Waals surface area contributed by atoms with E-state index in [9.17, 15) is 4.79 Å². The highest BCUT2D eigenvalue weighted by Crippen LogP contribution is 2.41. The second-order valence-corrected chi connectivity index (χ2v) is 5.19. The van der Waals surface area contributed by atoms with E-state index >= 15 is 0 Å². The largest absolute Gasteiger partial charge is 0.329 e. The van der Waals surface area contributed by atoms with E-state index in [2.05, 4.69) is 5.32 Å². The first-order valence-electron chi connectivity index (χ1n) is 5.85. The molecule has 17 heavy (non-hydrogen) atoms. The van der Waals surface area contributed by atoms with Gasteiger partial charge in [0.05, 0.1) is 5.41 Å². The van der Waals surface area contributed by atoms with Crippen LogP contribution in [0.15, 0.2) is 18.2 Å². The second-order valence-electron chi connectivity index (χ2n) is 4.75. The molecule has 0 atom stereocenters. The molecule has 0 aromatic heterocycles. The Labute approximate surface area is 106 Å². The van der Waals surface area contributed by atoms with E-state index < -0.39 is 0 Å². The predicted octanol–water partition coefficient (Wildman–Crippen LogP) is 2.72. The zero-order valence-corrected chi connectivity index (χ0v) is 10.7. The summed E-state index contributed by atoms with van der Waals surface area (Å²) in [6, 6.07) is 5.49. The fourth-order valence-electron chi connectivity index (χ4n) is 2.11. The molecule has 0 aliphatic heterocycles. The monoisotopic (exact) mass is 252 g/mol. The number of nitrogens with one attached hydrogen (secondary N) is 1. The summed E-state index contributed by atoms with van der Waals surface area (Å²) in [5.41, 5.74) is 7.14. The molecule has 4 heteroatoms. The van der Waals surface area contributed by atoms with Gasteiger partial charge in [0, 0.05) is 17.3 Å². The van der Waals surface area contributed by atoms with Gasteiger partial charge in [0.25, 0.3) is 0 Å². The summed E-state index contributed by atoms with van der Waals surface area (Å²) < 4.78 is 0. The fourth-order valence-corrected chi connectivity index (χ4v) is 2.28. The van der Waals surface area contributed by atoms with E-state index in [1.165, 1.54) is 0 Å². The highest BCUT2D eigenvalue weighted by atomic mass is 35.5. The van der Waals surface area contributed by atoms with Crippen LogP contribution in [0.4, 0.5) is 5.69 Å². The Balaban J connectivity index is 2.15. The lowest BCUT2D eigenvalue weighted by Gasteiger charge is -2.39. The molecule has 92 valence electrons. The van der Waals surface area contributed by atoms with Crippen LogP contribution < -0.4 is 11.1 Å². The Bertz CT molecular complexity index is 436. The average Bonchev–Trinajstić information content (AvgIpc) is 2.23. The van der Waals surface area contributed by atoms with E-state index in [-0.39, 0.29) is 11.3 Å². The standard InChI is InChI=1S/C13H17ClN2O/c1-9-3-4-10(14)7-11(9)16-12(17)13(8-15)5-2-6-13/h3-4,7H,2,5-6,8,15H2,1H3,(H,16,17). The van der Waals surface area contributed by atoms with Crippen molar-refractivity contribution in [2.24, 2.45) is 11.1 Å². The van der Waals surface area contributed by atoms with Crippen LogP contribution >= 0.6 is 11.6 Å². The molecule has 1 amide bonds. The number of benzene rings is 1. The lowest BCUT2D eigenvalue weighted by molar-refractivity contribution is -0.129. The van der Waals surface area contributed by atoms with Gasteiger partial charge in [-0.05, 0) is 37.5 Å². The summed E-state index contributed by atoms with van der Waals surface area (Å²) in [4.78, 5) is 12.2. The summed E-state index contributed by atoms with van der Waals surface area (Å²) in [6.07, 6.45) is 2.85. The molecule has 1 fully saturated rings. The molecule has 0 heterocycles. The molecule has 1 aliphatic carbocycles. The summed E-state index contributed by atoms with van der Waals surface area (Å²) in [5, 5.41) is 3.57. The van der Waals surface area contributed by atoms with E-state index in [4.69, 9.17) is 17.3 Å². The number of hydrogen-bond acceptors (Lipinski definition) is 2. The van der Waals surface area contributed by atoms with Gasteiger partial charge >= 0.3 is 0 Å². The molecular weight excluding hydrogens is 236 g/mol. The first-order chi connectivity index (χ1) is 8.07. The molecular formula is C13H17ClN2O. The van der Waals surface area contributed by atoms with Crippen LogP contribution in [0.25, 0.3) is 0 Å². The van der Waals surface area contributed by atoms with Gasteiger partial charge in [-0.2, -0.15) is 0 Å². The van der Waals surface area contributed by atoms with E-state index in [1.54, 1.807) is 6.07 Å². The Hall–Kier alpha value is -1.06. The topological polar surface area (TPSA) is 55.1 Å². The third-order valence-corrected chi connectivity index (χ3v) is 3.87. The summed E-state index contributed by atoms with van der Waals surface area (Å²) in [7, 11) is 0. The minimum absolute atomic E-state index is 0.0246. The van der Waals surface area contributed by atoms with Crippen molar-refractivity contribution < 1.29 is 4.79 Å². The number of carbonyl (C=O) groups excluding carboxylic acids is 1. The quantitative estimate of drug-likeness (QED) is 0.869. The van der Waals surface area contributed by atoms with Crippen molar-refractivity contribution in [2.75, 3.05) is 11.9 Å². The molecule has 1 saturated carbocycles. The summed E-state index contributed by atoms with van der Waals surface area (Å²) >= 11 is 5.92. The molecule has 0 saturated heterocycles. The predicted molar refractivity (Wildman–Crippen MR) is 70.2 cm³/mol. The number of carbonyl (C=O) groups is 1. The molecule has 0 radical (unpaired) electrons. The minimum Gasteiger partial charge on any atom is -0.329 e. The second kappa shape index (κ2) is 4.67. The highest BCUT2D eigenvalue weighted by Gasteiger charge is 2.42. The van der Waals surface area contributed by atoms with Crippen LogP contribution in [-0.2, 0) is 4.79 Å². The van der Waals surface area contributed by atoms with Crippen molar-refractivity contribution in [3.05, 3.63) is 28.8 Å². The van der Waals surface area contributed by atoms with Gasteiger partial charge in [0.2, 0.25) is 5.91 Å². The number of rotatable bonds is 3. The Morgan fingerprint density at radius 3 is 2.76 bits per heavy atom. The Morgan fingerprint density at radius 2 is 2.24 bits per heavy atom. The summed E-state index contributed by atoms with van der Waals surface area (Å²) in [6.45, 7) is 2.36. The zero-order valence-electron chi connectivity index (χ0n) is 9.92. The first kappa shape index (κ1) is 12.4. The Morgan fingerprint density at radius 1 is 1.53 bits per heavy atom. The van der Waals surface area contributed by atoms with Gasteiger partial charge in [-0.3, -0.25) is 4.79 Å². The molecule has 2 rings (SSSR count). The number of halogens is 1. The van der Waals surface area contributed by atoms with E-state index in [0.717, 1.165) is 30.5 Å². The lowest BCUT2D eigenvalue weighted by Crippen LogP contribution is -2.47. The smallest absolute Gasteiger partial charge is 0.231 e. The molecule has 0 spiro atoms. The van der Waals surface area contributed by atoms with Gasteiger partial charge in [-0.25, -0.2) is 0 Å². The highest BCUT2D eigenvalue weighted by molar-refractivity contribution is 6.31. The van der Waals surface area contributed by atoms with Crippen molar-refractivity contribution in [3.63, 3.8) is 0 Å². The van der Waals surface area contributed by atoms with Crippen LogP contribution in [0.5, 0.6) is 0 Å². The number of hydrogen-bond donors (Lipinski definition) is 2. The first-order valence-corrected chi connectivity index (χ1v) is 6.23. The number of anilines is 1. The van der Waals surface area contributed by atoms with Crippen molar-refractivity contribution >= 4 is 23.2 Å².